The highest BCUT2D eigenvalue weighted by molar-refractivity contribution is 9.10. The van der Waals surface area contributed by atoms with E-state index in [2.05, 4.69) is 20.9 Å². The second kappa shape index (κ2) is 5.83. The van der Waals surface area contributed by atoms with E-state index in [1.807, 2.05) is 0 Å². The van der Waals surface area contributed by atoms with Crippen molar-refractivity contribution >= 4 is 27.6 Å². The molecule has 0 bridgehead atoms. The first kappa shape index (κ1) is 14.9. The topological polar surface area (TPSA) is 103 Å². The SMILES string of the molecule is O=C(O)c1ccc(F)cc1Oc1ncc(Br)cc1[N+](=O)[O-]. The largest absolute Gasteiger partial charge is 0.478 e. The van der Waals surface area contributed by atoms with Crippen molar-refractivity contribution in [1.82, 2.24) is 4.98 Å². The fourth-order valence-corrected chi connectivity index (χ4v) is 1.81. The van der Waals surface area contributed by atoms with Crippen LogP contribution in [0.25, 0.3) is 0 Å². The Morgan fingerprint density at radius 3 is 2.76 bits per heavy atom. The van der Waals surface area contributed by atoms with Crippen molar-refractivity contribution < 1.29 is 24.0 Å². The van der Waals surface area contributed by atoms with Crippen LogP contribution in [-0.4, -0.2) is 21.0 Å². The molecule has 1 aromatic heterocycles. The second-order valence-corrected chi connectivity index (χ2v) is 4.70. The fraction of sp³-hybridized carbons (Fsp3) is 0. The van der Waals surface area contributed by atoms with Crippen LogP contribution in [-0.2, 0) is 0 Å². The van der Waals surface area contributed by atoms with Crippen molar-refractivity contribution in [3.05, 3.63) is 56.4 Å². The molecule has 2 rings (SSSR count). The van der Waals surface area contributed by atoms with Crippen LogP contribution in [0.3, 0.4) is 0 Å². The van der Waals surface area contributed by atoms with E-state index in [0.29, 0.717) is 4.47 Å². The second-order valence-electron chi connectivity index (χ2n) is 3.78. The van der Waals surface area contributed by atoms with Gasteiger partial charge < -0.3 is 9.84 Å². The lowest BCUT2D eigenvalue weighted by molar-refractivity contribution is -0.386. The van der Waals surface area contributed by atoms with Gasteiger partial charge in [0.2, 0.25) is 0 Å². The van der Waals surface area contributed by atoms with Crippen molar-refractivity contribution in [1.29, 1.82) is 0 Å². The first-order chi connectivity index (χ1) is 9.88. The molecule has 1 N–H and O–H groups in total. The Hall–Kier alpha value is -2.55. The van der Waals surface area contributed by atoms with Crippen LogP contribution < -0.4 is 4.74 Å². The molecule has 0 fully saturated rings. The predicted molar refractivity (Wildman–Crippen MR) is 72.0 cm³/mol. The number of nitrogens with zero attached hydrogens (tertiary/aromatic N) is 2. The fourth-order valence-electron chi connectivity index (χ4n) is 1.49. The highest BCUT2D eigenvalue weighted by Crippen LogP contribution is 2.33. The Morgan fingerprint density at radius 1 is 1.43 bits per heavy atom. The standard InChI is InChI=1S/C12H6BrFN2O5/c13-6-3-9(16(19)20)11(15-5-6)21-10-4-7(14)1-2-8(10)12(17)18/h1-5H,(H,17,18). The minimum absolute atomic E-state index is 0.338. The summed E-state index contributed by atoms with van der Waals surface area (Å²) in [5.74, 6) is -2.91. The van der Waals surface area contributed by atoms with E-state index in [-0.39, 0.29) is 11.3 Å². The van der Waals surface area contributed by atoms with Crippen LogP contribution in [0.15, 0.2) is 34.9 Å². The van der Waals surface area contributed by atoms with E-state index >= 15 is 0 Å². The molecule has 0 aliphatic rings. The lowest BCUT2D eigenvalue weighted by atomic mass is 10.2. The number of aromatic nitrogens is 1. The first-order valence-corrected chi connectivity index (χ1v) is 6.18. The molecule has 0 spiro atoms. The summed E-state index contributed by atoms with van der Waals surface area (Å²) in [6.07, 6.45) is 1.24. The van der Waals surface area contributed by atoms with Crippen LogP contribution in [0.1, 0.15) is 10.4 Å². The van der Waals surface area contributed by atoms with E-state index in [0.717, 1.165) is 24.3 Å². The van der Waals surface area contributed by atoms with Gasteiger partial charge in [-0.05, 0) is 28.1 Å². The number of aromatic carboxylic acids is 1. The minimum Gasteiger partial charge on any atom is -0.478 e. The van der Waals surface area contributed by atoms with Crippen LogP contribution in [0.2, 0.25) is 0 Å². The van der Waals surface area contributed by atoms with Gasteiger partial charge in [-0.1, -0.05) is 0 Å². The Kier molecular flexibility index (Phi) is 4.13. The van der Waals surface area contributed by atoms with Crippen molar-refractivity contribution in [2.45, 2.75) is 0 Å². The summed E-state index contributed by atoms with van der Waals surface area (Å²) >= 11 is 3.02. The van der Waals surface area contributed by atoms with Crippen LogP contribution >= 0.6 is 15.9 Å². The molecule has 108 valence electrons. The number of benzene rings is 1. The predicted octanol–water partition coefficient (Wildman–Crippen LogP) is 3.38. The molecule has 0 atom stereocenters. The van der Waals surface area contributed by atoms with Gasteiger partial charge in [0.05, 0.1) is 4.92 Å². The van der Waals surface area contributed by atoms with E-state index in [9.17, 15) is 19.3 Å². The van der Waals surface area contributed by atoms with Gasteiger partial charge >= 0.3 is 11.7 Å². The number of carboxylic acid groups (broad SMARTS) is 1. The molecular weight excluding hydrogens is 351 g/mol. The number of carbonyl (C=O) groups is 1. The summed E-state index contributed by atoms with van der Waals surface area (Å²) in [6.45, 7) is 0. The number of rotatable bonds is 4. The molecule has 0 saturated heterocycles. The van der Waals surface area contributed by atoms with Crippen LogP contribution in [0.4, 0.5) is 10.1 Å². The van der Waals surface area contributed by atoms with Gasteiger partial charge in [0.25, 0.3) is 5.88 Å². The maximum Gasteiger partial charge on any atom is 0.339 e. The number of pyridine rings is 1. The monoisotopic (exact) mass is 356 g/mol. The van der Waals surface area contributed by atoms with E-state index in [1.54, 1.807) is 0 Å². The molecule has 2 aromatic rings. The highest BCUT2D eigenvalue weighted by atomic mass is 79.9. The third-order valence-corrected chi connectivity index (χ3v) is 2.81. The van der Waals surface area contributed by atoms with Gasteiger partial charge in [0, 0.05) is 22.8 Å². The van der Waals surface area contributed by atoms with Crippen molar-refractivity contribution in [2.75, 3.05) is 0 Å². The molecule has 9 heteroatoms. The summed E-state index contributed by atoms with van der Waals surface area (Å²) in [4.78, 5) is 24.9. The lowest BCUT2D eigenvalue weighted by Gasteiger charge is -2.08. The number of hydrogen-bond donors (Lipinski definition) is 1. The average Bonchev–Trinajstić information content (AvgIpc) is 2.40. The van der Waals surface area contributed by atoms with E-state index < -0.39 is 28.3 Å². The molecule has 7 nitrogen and oxygen atoms in total. The van der Waals surface area contributed by atoms with Crippen molar-refractivity contribution in [3.63, 3.8) is 0 Å². The van der Waals surface area contributed by atoms with E-state index in [4.69, 9.17) is 9.84 Å². The molecule has 0 radical (unpaired) electrons. The quantitative estimate of drug-likeness (QED) is 0.665. The molecular formula is C12H6BrFN2O5. The van der Waals surface area contributed by atoms with Crippen LogP contribution in [0, 0.1) is 15.9 Å². The van der Waals surface area contributed by atoms with Crippen LogP contribution in [0.5, 0.6) is 11.6 Å². The molecule has 1 aromatic carbocycles. The van der Waals surface area contributed by atoms with Gasteiger partial charge in [-0.15, -0.1) is 0 Å². The summed E-state index contributed by atoms with van der Waals surface area (Å²) in [6, 6.07) is 3.90. The third-order valence-electron chi connectivity index (χ3n) is 2.38. The molecule has 0 saturated carbocycles. The third kappa shape index (κ3) is 3.31. The molecule has 21 heavy (non-hydrogen) atoms. The molecule has 0 unspecified atom stereocenters. The number of nitro groups is 1. The van der Waals surface area contributed by atoms with Gasteiger partial charge in [0.1, 0.15) is 17.1 Å². The zero-order valence-electron chi connectivity index (χ0n) is 10.1. The average molecular weight is 357 g/mol. The Labute approximate surface area is 125 Å². The maximum absolute atomic E-state index is 13.2. The lowest BCUT2D eigenvalue weighted by Crippen LogP contribution is -2.02. The Balaban J connectivity index is 2.50. The zero-order chi connectivity index (χ0) is 15.6. The highest BCUT2D eigenvalue weighted by Gasteiger charge is 2.21. The molecule has 0 aliphatic heterocycles. The number of hydrogen-bond acceptors (Lipinski definition) is 5. The molecule has 0 amide bonds. The number of ether oxygens (including phenoxy) is 1. The summed E-state index contributed by atoms with van der Waals surface area (Å²) in [5.41, 5.74) is -0.819. The summed E-state index contributed by atoms with van der Waals surface area (Å²) in [5, 5.41) is 19.9. The number of halogens is 2. The van der Waals surface area contributed by atoms with Gasteiger partial charge in [0.15, 0.2) is 0 Å². The minimum atomic E-state index is -1.36. The zero-order valence-corrected chi connectivity index (χ0v) is 11.7. The first-order valence-electron chi connectivity index (χ1n) is 5.39. The summed E-state index contributed by atoms with van der Waals surface area (Å²) < 4.78 is 18.7. The van der Waals surface area contributed by atoms with Gasteiger partial charge in [-0.3, -0.25) is 10.1 Å². The van der Waals surface area contributed by atoms with Gasteiger partial charge in [-0.25, -0.2) is 14.2 Å². The van der Waals surface area contributed by atoms with Crippen molar-refractivity contribution in [3.8, 4) is 11.6 Å². The smallest absolute Gasteiger partial charge is 0.339 e. The Morgan fingerprint density at radius 2 is 2.14 bits per heavy atom. The number of carboxylic acids is 1. The van der Waals surface area contributed by atoms with Crippen molar-refractivity contribution in [2.24, 2.45) is 0 Å². The normalized spacial score (nSPS) is 10.2. The summed E-state index contributed by atoms with van der Waals surface area (Å²) in [7, 11) is 0. The van der Waals surface area contributed by atoms with Gasteiger partial charge in [-0.2, -0.15) is 0 Å². The maximum atomic E-state index is 13.2. The Bertz CT molecular complexity index is 738. The molecule has 0 aliphatic carbocycles. The molecule has 1 heterocycles. The van der Waals surface area contributed by atoms with E-state index in [1.165, 1.54) is 6.20 Å².